The van der Waals surface area contributed by atoms with Crippen molar-refractivity contribution in [3.05, 3.63) is 24.0 Å². The lowest BCUT2D eigenvalue weighted by Crippen LogP contribution is -2.23. The second-order valence-corrected chi connectivity index (χ2v) is 5.59. The first-order valence-electron chi connectivity index (χ1n) is 7.38. The average Bonchev–Trinajstić information content (AvgIpc) is 3.09. The van der Waals surface area contributed by atoms with Gasteiger partial charge < -0.3 is 30.4 Å². The standard InChI is InChI=1S/C14H20N8O3/c1-20(2)4-5-22-7-10(18-12(22)11(15)24)19-14(25)13-17-9(16-8-23)6-21(13)3/h6-8H,4-5H2,1-3H3,(H2,15,24)(H,16,23)(H,19,25). The van der Waals surface area contributed by atoms with E-state index in [2.05, 4.69) is 20.6 Å². The van der Waals surface area contributed by atoms with Gasteiger partial charge >= 0.3 is 0 Å². The highest BCUT2D eigenvalue weighted by atomic mass is 16.2. The number of likely N-dealkylation sites (N-methyl/N-ethyl adjacent to an activating group) is 1. The van der Waals surface area contributed by atoms with Gasteiger partial charge in [0.15, 0.2) is 11.6 Å². The second-order valence-electron chi connectivity index (χ2n) is 5.59. The summed E-state index contributed by atoms with van der Waals surface area (Å²) in [4.78, 5) is 44.3. The molecule has 0 saturated carbocycles. The SMILES string of the molecule is CN(C)CCn1cc(NC(=O)c2nc(NC=O)cn2C)nc1C(N)=O. The Balaban J connectivity index is 2.19. The van der Waals surface area contributed by atoms with E-state index >= 15 is 0 Å². The van der Waals surface area contributed by atoms with Gasteiger partial charge in [0.1, 0.15) is 0 Å². The average molecular weight is 348 g/mol. The highest BCUT2D eigenvalue weighted by Gasteiger charge is 2.18. The van der Waals surface area contributed by atoms with Crippen molar-refractivity contribution in [3.8, 4) is 0 Å². The lowest BCUT2D eigenvalue weighted by Gasteiger charge is -2.10. The monoisotopic (exact) mass is 348 g/mol. The van der Waals surface area contributed by atoms with Crippen LogP contribution in [-0.4, -0.2) is 62.9 Å². The molecule has 25 heavy (non-hydrogen) atoms. The van der Waals surface area contributed by atoms with Crippen LogP contribution >= 0.6 is 0 Å². The molecule has 0 atom stereocenters. The molecule has 4 N–H and O–H groups in total. The lowest BCUT2D eigenvalue weighted by atomic mass is 10.5. The van der Waals surface area contributed by atoms with Crippen LogP contribution in [0.15, 0.2) is 12.4 Å². The van der Waals surface area contributed by atoms with E-state index in [-0.39, 0.29) is 23.3 Å². The number of amides is 3. The number of carbonyl (C=O) groups is 3. The molecule has 2 rings (SSSR count). The first kappa shape index (κ1) is 18.1. The summed E-state index contributed by atoms with van der Waals surface area (Å²) < 4.78 is 3.04. The van der Waals surface area contributed by atoms with Gasteiger partial charge in [0.05, 0.1) is 0 Å². The predicted octanol–water partition coefficient (Wildman–Crippen LogP) is -0.902. The molecule has 2 aromatic rings. The number of nitrogens with two attached hydrogens (primary N) is 1. The lowest BCUT2D eigenvalue weighted by molar-refractivity contribution is -0.105. The molecule has 0 fully saturated rings. The summed E-state index contributed by atoms with van der Waals surface area (Å²) in [6.07, 6.45) is 3.50. The summed E-state index contributed by atoms with van der Waals surface area (Å²) in [6, 6.07) is 0. The fraction of sp³-hybridized carbons (Fsp3) is 0.357. The smallest absolute Gasteiger partial charge is 0.292 e. The van der Waals surface area contributed by atoms with E-state index in [1.807, 2.05) is 19.0 Å². The molecule has 11 nitrogen and oxygen atoms in total. The van der Waals surface area contributed by atoms with Crippen LogP contribution in [0.25, 0.3) is 0 Å². The first-order chi connectivity index (χ1) is 11.8. The van der Waals surface area contributed by atoms with Crippen molar-refractivity contribution < 1.29 is 14.4 Å². The zero-order valence-corrected chi connectivity index (χ0v) is 14.2. The molecule has 134 valence electrons. The maximum absolute atomic E-state index is 12.3. The van der Waals surface area contributed by atoms with Crippen LogP contribution in [0.1, 0.15) is 21.2 Å². The van der Waals surface area contributed by atoms with Crippen LogP contribution in [0.3, 0.4) is 0 Å². The minimum Gasteiger partial charge on any atom is -0.363 e. The van der Waals surface area contributed by atoms with Crippen molar-refractivity contribution in [2.45, 2.75) is 6.54 Å². The minimum atomic E-state index is -0.686. The number of primary amides is 1. The van der Waals surface area contributed by atoms with Gasteiger partial charge in [0.25, 0.3) is 11.8 Å². The molecule has 2 heterocycles. The maximum atomic E-state index is 12.3. The number of carbonyl (C=O) groups excluding carboxylic acids is 3. The van der Waals surface area contributed by atoms with E-state index in [1.165, 1.54) is 17.0 Å². The molecule has 2 aromatic heterocycles. The molecule has 0 aliphatic rings. The second kappa shape index (κ2) is 7.57. The normalized spacial score (nSPS) is 10.7. The van der Waals surface area contributed by atoms with Gasteiger partial charge in [-0.25, -0.2) is 9.97 Å². The van der Waals surface area contributed by atoms with E-state index in [4.69, 9.17) is 5.73 Å². The third-order valence-electron chi connectivity index (χ3n) is 3.31. The number of nitrogens with one attached hydrogen (secondary N) is 2. The topological polar surface area (TPSA) is 140 Å². The number of imidazole rings is 2. The van der Waals surface area contributed by atoms with Gasteiger partial charge in [0, 0.05) is 32.5 Å². The van der Waals surface area contributed by atoms with Crippen LogP contribution in [0.2, 0.25) is 0 Å². The molecule has 0 aliphatic carbocycles. The summed E-state index contributed by atoms with van der Waals surface area (Å²) in [6.45, 7) is 1.16. The van der Waals surface area contributed by atoms with Crippen molar-refractivity contribution in [2.24, 2.45) is 12.8 Å². The van der Waals surface area contributed by atoms with Crippen molar-refractivity contribution in [1.82, 2.24) is 24.0 Å². The van der Waals surface area contributed by atoms with Gasteiger partial charge in [-0.2, -0.15) is 0 Å². The molecule has 11 heteroatoms. The molecule has 0 radical (unpaired) electrons. The summed E-state index contributed by atoms with van der Waals surface area (Å²) in [5.41, 5.74) is 5.33. The van der Waals surface area contributed by atoms with Gasteiger partial charge in [0.2, 0.25) is 18.1 Å². The third kappa shape index (κ3) is 4.41. The number of aryl methyl sites for hydroxylation is 1. The summed E-state index contributed by atoms with van der Waals surface area (Å²) in [5.74, 6) is -0.654. The van der Waals surface area contributed by atoms with Gasteiger partial charge in [-0.1, -0.05) is 0 Å². The predicted molar refractivity (Wildman–Crippen MR) is 90.1 cm³/mol. The quantitative estimate of drug-likeness (QED) is 0.528. The Morgan fingerprint density at radius 2 is 1.92 bits per heavy atom. The highest BCUT2D eigenvalue weighted by molar-refractivity contribution is 6.02. The molecule has 3 amide bonds. The van der Waals surface area contributed by atoms with Gasteiger partial charge in [-0.15, -0.1) is 0 Å². The Labute approximate surface area is 143 Å². The van der Waals surface area contributed by atoms with Crippen LogP contribution < -0.4 is 16.4 Å². The Hall–Kier alpha value is -3.21. The van der Waals surface area contributed by atoms with Crippen LogP contribution in [0.5, 0.6) is 0 Å². The molecule has 0 aliphatic heterocycles. The highest BCUT2D eigenvalue weighted by Crippen LogP contribution is 2.12. The number of hydrogen-bond acceptors (Lipinski definition) is 6. The largest absolute Gasteiger partial charge is 0.363 e. The number of anilines is 2. The van der Waals surface area contributed by atoms with Crippen molar-refractivity contribution >= 4 is 29.9 Å². The molecule has 0 saturated heterocycles. The summed E-state index contributed by atoms with van der Waals surface area (Å²) in [7, 11) is 5.41. The van der Waals surface area contributed by atoms with Crippen molar-refractivity contribution in [3.63, 3.8) is 0 Å². The van der Waals surface area contributed by atoms with Gasteiger partial charge in [-0.3, -0.25) is 14.4 Å². The number of aromatic nitrogens is 4. The molecule has 0 bridgehead atoms. The molecular weight excluding hydrogens is 328 g/mol. The van der Waals surface area contributed by atoms with Crippen LogP contribution in [0.4, 0.5) is 11.6 Å². The zero-order chi connectivity index (χ0) is 18.6. The van der Waals surface area contributed by atoms with E-state index in [9.17, 15) is 14.4 Å². The van der Waals surface area contributed by atoms with Gasteiger partial charge in [-0.05, 0) is 14.1 Å². The number of hydrogen-bond donors (Lipinski definition) is 3. The minimum absolute atomic E-state index is 0.0558. The molecule has 0 aromatic carbocycles. The Bertz CT molecular complexity index is 792. The number of rotatable bonds is 8. The Morgan fingerprint density at radius 1 is 1.24 bits per heavy atom. The third-order valence-corrected chi connectivity index (χ3v) is 3.31. The Kier molecular flexibility index (Phi) is 5.49. The van der Waals surface area contributed by atoms with Crippen LogP contribution in [-0.2, 0) is 18.4 Å². The molecular formula is C14H20N8O3. The summed E-state index contributed by atoms with van der Waals surface area (Å²) >= 11 is 0. The number of nitrogens with zero attached hydrogens (tertiary/aromatic N) is 5. The van der Waals surface area contributed by atoms with Crippen LogP contribution in [0, 0.1) is 0 Å². The Morgan fingerprint density at radius 3 is 2.52 bits per heavy atom. The molecule has 0 unspecified atom stereocenters. The zero-order valence-electron chi connectivity index (χ0n) is 14.2. The molecule has 0 spiro atoms. The van der Waals surface area contributed by atoms with E-state index in [1.54, 1.807) is 11.6 Å². The fourth-order valence-corrected chi connectivity index (χ4v) is 2.13. The van der Waals surface area contributed by atoms with Crippen molar-refractivity contribution in [1.29, 1.82) is 0 Å². The van der Waals surface area contributed by atoms with E-state index in [0.29, 0.717) is 19.5 Å². The first-order valence-corrected chi connectivity index (χ1v) is 7.38. The summed E-state index contributed by atoms with van der Waals surface area (Å²) in [5, 5.41) is 4.93. The maximum Gasteiger partial charge on any atom is 0.292 e. The van der Waals surface area contributed by atoms with E-state index in [0.717, 1.165) is 0 Å². The van der Waals surface area contributed by atoms with Crippen molar-refractivity contribution in [2.75, 3.05) is 31.3 Å². The fourth-order valence-electron chi connectivity index (χ4n) is 2.13. The van der Waals surface area contributed by atoms with E-state index < -0.39 is 11.8 Å².